The van der Waals surface area contributed by atoms with Crippen LogP contribution in [0.4, 0.5) is 4.79 Å². The van der Waals surface area contributed by atoms with Gasteiger partial charge in [-0.15, -0.1) is 0 Å². The fourth-order valence-electron chi connectivity index (χ4n) is 2.76. The van der Waals surface area contributed by atoms with Gasteiger partial charge in [-0.1, -0.05) is 43.3 Å². The summed E-state index contributed by atoms with van der Waals surface area (Å²) in [5.74, 6) is 0.969. The summed E-state index contributed by atoms with van der Waals surface area (Å²) >= 11 is 7.78. The molecule has 3 N–H and O–H groups in total. The highest BCUT2D eigenvalue weighted by Crippen LogP contribution is 2.36. The zero-order chi connectivity index (χ0) is 20.1. The summed E-state index contributed by atoms with van der Waals surface area (Å²) in [6.45, 7) is 5.08. The largest absolute Gasteiger partial charge is 0.352 e. The van der Waals surface area contributed by atoms with E-state index in [9.17, 15) is 4.79 Å². The van der Waals surface area contributed by atoms with Crippen LogP contribution < -0.4 is 11.1 Å². The minimum atomic E-state index is -0.575. The van der Waals surface area contributed by atoms with E-state index in [1.807, 2.05) is 36.4 Å². The van der Waals surface area contributed by atoms with Crippen LogP contribution in [0, 0.1) is 0 Å². The molecule has 2 aromatic heterocycles. The lowest BCUT2D eigenvalue weighted by molar-refractivity contribution is 0.248. The Balaban J connectivity index is 2.06. The topological polar surface area (TPSA) is 85.8 Å². The number of hydrogen-bond acceptors (Lipinski definition) is 4. The highest BCUT2D eigenvalue weighted by Gasteiger charge is 2.21. The first-order valence-corrected chi connectivity index (χ1v) is 10.1. The Morgan fingerprint density at radius 3 is 2.68 bits per heavy atom. The maximum atomic E-state index is 11.2. The molecule has 0 aliphatic rings. The number of halogens is 1. The van der Waals surface area contributed by atoms with Crippen LogP contribution in [0.2, 0.25) is 5.02 Å². The average Bonchev–Trinajstić information content (AvgIpc) is 2.98. The Bertz CT molecular complexity index is 958. The SMILES string of the molecule is CC(C)c1nc(CNC(N)=O)n(Cc2ccncc2)c1Sc1cccc(Cl)c1. The van der Waals surface area contributed by atoms with Gasteiger partial charge in [-0.3, -0.25) is 4.98 Å². The number of benzene rings is 1. The van der Waals surface area contributed by atoms with Gasteiger partial charge in [0.1, 0.15) is 10.9 Å². The number of nitrogens with zero attached hydrogens (tertiary/aromatic N) is 3. The van der Waals surface area contributed by atoms with Crippen LogP contribution in [0.3, 0.4) is 0 Å². The summed E-state index contributed by atoms with van der Waals surface area (Å²) in [4.78, 5) is 21.2. The maximum Gasteiger partial charge on any atom is 0.312 e. The standard InChI is InChI=1S/C20H22ClN5OS/c1-13(2)18-19(28-16-5-3-4-15(21)10-16)26(12-14-6-8-23-9-7-14)17(25-18)11-24-20(22)27/h3-10,13H,11-12H2,1-2H3,(H3,22,24,27). The second-order valence-corrected chi connectivity index (χ2v) is 8.09. The third-order valence-electron chi connectivity index (χ3n) is 4.09. The minimum absolute atomic E-state index is 0.215. The van der Waals surface area contributed by atoms with Gasteiger partial charge < -0.3 is 15.6 Å². The Labute approximate surface area is 173 Å². The molecular formula is C20H22ClN5OS. The molecule has 2 amide bonds. The first-order valence-electron chi connectivity index (χ1n) is 8.89. The summed E-state index contributed by atoms with van der Waals surface area (Å²) < 4.78 is 2.12. The quantitative estimate of drug-likeness (QED) is 0.597. The number of nitrogens with two attached hydrogens (primary N) is 1. The van der Waals surface area contributed by atoms with E-state index in [0.29, 0.717) is 11.6 Å². The molecular weight excluding hydrogens is 394 g/mol. The first kappa shape index (κ1) is 20.2. The predicted molar refractivity (Wildman–Crippen MR) is 112 cm³/mol. The van der Waals surface area contributed by atoms with Crippen LogP contribution >= 0.6 is 23.4 Å². The van der Waals surface area contributed by atoms with Gasteiger partial charge in [-0.05, 0) is 41.8 Å². The molecule has 6 nitrogen and oxygen atoms in total. The summed E-state index contributed by atoms with van der Waals surface area (Å²) in [5.41, 5.74) is 7.34. The Morgan fingerprint density at radius 2 is 2.04 bits per heavy atom. The summed E-state index contributed by atoms with van der Waals surface area (Å²) in [6.07, 6.45) is 3.53. The molecule has 0 spiro atoms. The normalized spacial score (nSPS) is 11.0. The number of rotatable bonds is 7. The van der Waals surface area contributed by atoms with Crippen molar-refractivity contribution >= 4 is 29.4 Å². The molecule has 0 aliphatic heterocycles. The third-order valence-corrected chi connectivity index (χ3v) is 5.44. The molecule has 8 heteroatoms. The van der Waals surface area contributed by atoms with Gasteiger partial charge in [0.2, 0.25) is 0 Å². The molecule has 3 aromatic rings. The van der Waals surface area contributed by atoms with Gasteiger partial charge in [0, 0.05) is 28.9 Å². The van der Waals surface area contributed by atoms with Crippen LogP contribution in [0.1, 0.15) is 36.8 Å². The molecule has 2 heterocycles. The number of hydrogen-bond donors (Lipinski definition) is 2. The fourth-order valence-corrected chi connectivity index (χ4v) is 4.24. The van der Waals surface area contributed by atoms with Crippen LogP contribution in [-0.4, -0.2) is 20.6 Å². The molecule has 0 radical (unpaired) electrons. The second kappa shape index (κ2) is 9.12. The van der Waals surface area contributed by atoms with Gasteiger partial charge in [0.05, 0.1) is 12.2 Å². The van der Waals surface area contributed by atoms with E-state index in [2.05, 4.69) is 28.7 Å². The Kier molecular flexibility index (Phi) is 6.59. The van der Waals surface area contributed by atoms with Gasteiger partial charge in [-0.25, -0.2) is 9.78 Å². The lowest BCUT2D eigenvalue weighted by Crippen LogP contribution is -2.30. The highest BCUT2D eigenvalue weighted by molar-refractivity contribution is 7.99. The summed E-state index contributed by atoms with van der Waals surface area (Å²) in [6, 6.07) is 11.1. The molecule has 0 aliphatic carbocycles. The van der Waals surface area contributed by atoms with Crippen molar-refractivity contribution < 1.29 is 4.79 Å². The van der Waals surface area contributed by atoms with Crippen molar-refractivity contribution in [3.63, 3.8) is 0 Å². The lowest BCUT2D eigenvalue weighted by Gasteiger charge is -2.14. The molecule has 0 saturated heterocycles. The number of aromatic nitrogens is 3. The highest BCUT2D eigenvalue weighted by atomic mass is 35.5. The second-order valence-electron chi connectivity index (χ2n) is 6.59. The van der Waals surface area contributed by atoms with Crippen molar-refractivity contribution in [2.45, 2.75) is 42.8 Å². The summed E-state index contributed by atoms with van der Waals surface area (Å²) in [5, 5.41) is 4.36. The fraction of sp³-hybridized carbons (Fsp3) is 0.250. The molecule has 146 valence electrons. The van der Waals surface area contributed by atoms with Crippen molar-refractivity contribution in [3.05, 3.63) is 70.9 Å². The van der Waals surface area contributed by atoms with Crippen molar-refractivity contribution in [2.24, 2.45) is 5.73 Å². The van der Waals surface area contributed by atoms with E-state index >= 15 is 0 Å². The molecule has 0 saturated carbocycles. The van der Waals surface area contributed by atoms with Crippen LogP contribution in [0.15, 0.2) is 58.7 Å². The molecule has 0 unspecified atom stereocenters. The number of imidazole rings is 1. The minimum Gasteiger partial charge on any atom is -0.352 e. The van der Waals surface area contributed by atoms with Gasteiger partial charge in [0.25, 0.3) is 0 Å². The van der Waals surface area contributed by atoms with Crippen molar-refractivity contribution in [2.75, 3.05) is 0 Å². The maximum absolute atomic E-state index is 11.2. The average molecular weight is 416 g/mol. The van der Waals surface area contributed by atoms with Crippen LogP contribution in [0.25, 0.3) is 0 Å². The van der Waals surface area contributed by atoms with Gasteiger partial charge >= 0.3 is 6.03 Å². The van der Waals surface area contributed by atoms with Crippen LogP contribution in [0.5, 0.6) is 0 Å². The predicted octanol–water partition coefficient (Wildman–Crippen LogP) is 4.42. The van der Waals surface area contributed by atoms with E-state index in [-0.39, 0.29) is 12.5 Å². The third kappa shape index (κ3) is 5.05. The van der Waals surface area contributed by atoms with Crippen molar-refractivity contribution in [1.82, 2.24) is 19.9 Å². The van der Waals surface area contributed by atoms with Gasteiger partial charge in [-0.2, -0.15) is 0 Å². The van der Waals surface area contributed by atoms with E-state index in [0.717, 1.165) is 27.0 Å². The molecule has 3 rings (SSSR count). The number of urea groups is 1. The van der Waals surface area contributed by atoms with Crippen molar-refractivity contribution in [3.8, 4) is 0 Å². The van der Waals surface area contributed by atoms with Crippen LogP contribution in [-0.2, 0) is 13.1 Å². The smallest absolute Gasteiger partial charge is 0.312 e. The summed E-state index contributed by atoms with van der Waals surface area (Å²) in [7, 11) is 0. The zero-order valence-corrected chi connectivity index (χ0v) is 17.3. The zero-order valence-electron chi connectivity index (χ0n) is 15.7. The first-order chi connectivity index (χ1) is 13.4. The number of carbonyl (C=O) groups excluding carboxylic acids is 1. The number of pyridine rings is 1. The van der Waals surface area contributed by atoms with Gasteiger partial charge in [0.15, 0.2) is 0 Å². The van der Waals surface area contributed by atoms with E-state index in [1.54, 1.807) is 24.2 Å². The number of nitrogens with one attached hydrogen (secondary N) is 1. The molecule has 28 heavy (non-hydrogen) atoms. The molecule has 0 atom stereocenters. The lowest BCUT2D eigenvalue weighted by atomic mass is 10.1. The van der Waals surface area contributed by atoms with Crippen molar-refractivity contribution in [1.29, 1.82) is 0 Å². The van der Waals surface area contributed by atoms with E-state index in [1.165, 1.54) is 0 Å². The molecule has 0 bridgehead atoms. The Hall–Kier alpha value is -2.51. The number of amides is 2. The van der Waals surface area contributed by atoms with E-state index < -0.39 is 6.03 Å². The number of carbonyl (C=O) groups is 1. The molecule has 1 aromatic carbocycles. The number of primary amides is 1. The molecule has 0 fully saturated rings. The Morgan fingerprint density at radius 1 is 1.29 bits per heavy atom. The van der Waals surface area contributed by atoms with E-state index in [4.69, 9.17) is 22.3 Å². The monoisotopic (exact) mass is 415 g/mol.